The minimum atomic E-state index is -0.924. The van der Waals surface area contributed by atoms with Gasteiger partial charge in [-0.05, 0) is 24.5 Å². The van der Waals surface area contributed by atoms with E-state index in [0.29, 0.717) is 29.3 Å². The molecule has 1 aromatic carbocycles. The highest BCUT2D eigenvalue weighted by molar-refractivity contribution is 5.76. The fourth-order valence-electron chi connectivity index (χ4n) is 3.09. The summed E-state index contributed by atoms with van der Waals surface area (Å²) < 4.78 is 30.6. The first-order chi connectivity index (χ1) is 12.0. The lowest BCUT2D eigenvalue weighted by molar-refractivity contribution is 0.509. The van der Waals surface area contributed by atoms with E-state index in [-0.39, 0.29) is 17.8 Å². The summed E-state index contributed by atoms with van der Waals surface area (Å²) in [5.74, 6) is -0.543. The first-order valence-electron chi connectivity index (χ1n) is 8.32. The van der Waals surface area contributed by atoms with Crippen LogP contribution in [0.4, 0.5) is 14.5 Å². The molecule has 0 amide bonds. The molecule has 0 radical (unpaired) electrons. The van der Waals surface area contributed by atoms with Crippen molar-refractivity contribution in [1.82, 2.24) is 14.1 Å². The van der Waals surface area contributed by atoms with Gasteiger partial charge in [-0.2, -0.15) is 0 Å². The molecule has 1 aliphatic rings. The average Bonchev–Trinajstić information content (AvgIpc) is 3.35. The van der Waals surface area contributed by atoms with Gasteiger partial charge in [0.1, 0.15) is 5.82 Å². The molecule has 130 valence electrons. The first-order valence-corrected chi connectivity index (χ1v) is 8.32. The minimum Gasteiger partial charge on any atom is -0.394 e. The summed E-state index contributed by atoms with van der Waals surface area (Å²) in [4.78, 5) is 16.6. The Kier molecular flexibility index (Phi) is 3.78. The summed E-state index contributed by atoms with van der Waals surface area (Å²) in [5, 5.41) is 0. The summed E-state index contributed by atoms with van der Waals surface area (Å²) >= 11 is 0. The van der Waals surface area contributed by atoms with E-state index in [2.05, 4.69) is 4.98 Å². The maximum absolute atomic E-state index is 13.7. The van der Waals surface area contributed by atoms with Crippen molar-refractivity contribution in [2.45, 2.75) is 32.4 Å². The van der Waals surface area contributed by atoms with Gasteiger partial charge in [0.2, 0.25) is 0 Å². The topological polar surface area (TPSA) is 65.8 Å². The summed E-state index contributed by atoms with van der Waals surface area (Å²) in [6, 6.07) is 5.51. The van der Waals surface area contributed by atoms with Gasteiger partial charge >= 0.3 is 0 Å². The Bertz CT molecular complexity index is 1000. The summed E-state index contributed by atoms with van der Waals surface area (Å²) in [6.07, 6.45) is 5.01. The lowest BCUT2D eigenvalue weighted by Gasteiger charge is -2.11. The Balaban J connectivity index is 1.78. The van der Waals surface area contributed by atoms with E-state index in [1.807, 2.05) is 4.57 Å². The smallest absolute Gasteiger partial charge is 0.274 e. The van der Waals surface area contributed by atoms with E-state index >= 15 is 0 Å². The normalized spacial score (nSPS) is 14.3. The lowest BCUT2D eigenvalue weighted by Crippen LogP contribution is -2.24. The average molecular weight is 344 g/mol. The third kappa shape index (κ3) is 3.01. The molecule has 4 rings (SSSR count). The molecule has 2 heterocycles. The molecule has 0 unspecified atom stereocenters. The van der Waals surface area contributed by atoms with Crippen LogP contribution in [-0.4, -0.2) is 14.1 Å². The fourth-order valence-corrected chi connectivity index (χ4v) is 3.09. The third-order valence-electron chi connectivity index (χ3n) is 4.69. The zero-order valence-electron chi connectivity index (χ0n) is 13.6. The number of rotatable bonds is 5. The highest BCUT2D eigenvalue weighted by Gasteiger charge is 2.22. The number of imidazole rings is 1. The fraction of sp³-hybridized carbons (Fsp3) is 0.333. The molecular weight excluding hydrogens is 326 g/mol. The molecule has 2 aromatic heterocycles. The standard InChI is InChI=1S/C18H18F2N4O/c19-12-8-15-16(9-13(12)20)24(7-5-11-3-4-11)17(22-15)10-23-6-1-2-14(21)18(23)25/h1-2,6,8-9,11H,3-5,7,10,21H2. The van der Waals surface area contributed by atoms with Crippen molar-refractivity contribution in [1.29, 1.82) is 0 Å². The molecule has 2 N–H and O–H groups in total. The molecule has 0 spiro atoms. The Morgan fingerprint density at radius 2 is 2.00 bits per heavy atom. The number of hydrogen-bond acceptors (Lipinski definition) is 3. The number of benzene rings is 1. The third-order valence-corrected chi connectivity index (χ3v) is 4.69. The number of aryl methyl sites for hydroxylation is 1. The molecule has 25 heavy (non-hydrogen) atoms. The van der Waals surface area contributed by atoms with Crippen molar-refractivity contribution in [3.05, 3.63) is 58.3 Å². The van der Waals surface area contributed by atoms with Crippen LogP contribution in [0.25, 0.3) is 11.0 Å². The van der Waals surface area contributed by atoms with Crippen molar-refractivity contribution in [2.75, 3.05) is 5.73 Å². The second-order valence-electron chi connectivity index (χ2n) is 6.56. The number of nitrogens with two attached hydrogens (primary N) is 1. The quantitative estimate of drug-likeness (QED) is 0.774. The number of nitrogen functional groups attached to an aromatic ring is 1. The van der Waals surface area contributed by atoms with E-state index in [9.17, 15) is 13.6 Å². The molecule has 1 fully saturated rings. The second-order valence-corrected chi connectivity index (χ2v) is 6.56. The molecule has 0 atom stereocenters. The highest BCUT2D eigenvalue weighted by Crippen LogP contribution is 2.33. The summed E-state index contributed by atoms with van der Waals surface area (Å²) in [7, 11) is 0. The number of nitrogens with zero attached hydrogens (tertiary/aromatic N) is 3. The molecule has 0 saturated heterocycles. The highest BCUT2D eigenvalue weighted by atomic mass is 19.2. The van der Waals surface area contributed by atoms with Crippen LogP contribution in [0.3, 0.4) is 0 Å². The maximum atomic E-state index is 13.7. The molecule has 7 heteroatoms. The van der Waals surface area contributed by atoms with Crippen LogP contribution in [0.1, 0.15) is 25.1 Å². The van der Waals surface area contributed by atoms with Gasteiger partial charge in [-0.3, -0.25) is 4.79 Å². The van der Waals surface area contributed by atoms with Crippen molar-refractivity contribution >= 4 is 16.7 Å². The van der Waals surface area contributed by atoms with Gasteiger partial charge in [-0.15, -0.1) is 0 Å². The largest absolute Gasteiger partial charge is 0.394 e. The van der Waals surface area contributed by atoms with Gasteiger partial charge in [0.15, 0.2) is 11.6 Å². The van der Waals surface area contributed by atoms with E-state index in [1.54, 1.807) is 18.3 Å². The van der Waals surface area contributed by atoms with Crippen LogP contribution in [0.5, 0.6) is 0 Å². The van der Waals surface area contributed by atoms with Crippen LogP contribution in [0.2, 0.25) is 0 Å². The summed E-state index contributed by atoms with van der Waals surface area (Å²) in [5.41, 5.74) is 6.46. The van der Waals surface area contributed by atoms with Crippen molar-refractivity contribution in [2.24, 2.45) is 5.92 Å². The van der Waals surface area contributed by atoms with Crippen LogP contribution in [0, 0.1) is 17.6 Å². The monoisotopic (exact) mass is 344 g/mol. The van der Waals surface area contributed by atoms with Crippen molar-refractivity contribution in [3.8, 4) is 0 Å². The number of aromatic nitrogens is 3. The molecule has 3 aromatic rings. The van der Waals surface area contributed by atoms with Gasteiger partial charge in [0.25, 0.3) is 5.56 Å². The number of pyridine rings is 1. The Morgan fingerprint density at radius 3 is 2.76 bits per heavy atom. The van der Waals surface area contributed by atoms with E-state index in [4.69, 9.17) is 5.73 Å². The van der Waals surface area contributed by atoms with Crippen LogP contribution < -0.4 is 11.3 Å². The predicted molar refractivity (Wildman–Crippen MR) is 91.2 cm³/mol. The van der Waals surface area contributed by atoms with Crippen LogP contribution in [0.15, 0.2) is 35.3 Å². The maximum Gasteiger partial charge on any atom is 0.274 e. The second kappa shape index (κ2) is 5.98. The van der Waals surface area contributed by atoms with Crippen molar-refractivity contribution in [3.63, 3.8) is 0 Å². The Hall–Kier alpha value is -2.70. The minimum absolute atomic E-state index is 0.153. The Labute approximate surface area is 142 Å². The Morgan fingerprint density at radius 1 is 1.24 bits per heavy atom. The molecule has 1 aliphatic carbocycles. The van der Waals surface area contributed by atoms with Gasteiger partial charge in [0.05, 0.1) is 23.3 Å². The molecule has 0 bridgehead atoms. The lowest BCUT2D eigenvalue weighted by atomic mass is 10.2. The molecular formula is C18H18F2N4O. The van der Waals surface area contributed by atoms with Crippen LogP contribution >= 0.6 is 0 Å². The van der Waals surface area contributed by atoms with E-state index in [0.717, 1.165) is 12.5 Å². The van der Waals surface area contributed by atoms with Gasteiger partial charge in [0, 0.05) is 24.9 Å². The molecule has 0 aliphatic heterocycles. The number of halogens is 2. The molecule has 1 saturated carbocycles. The van der Waals surface area contributed by atoms with E-state index in [1.165, 1.54) is 23.5 Å². The SMILES string of the molecule is Nc1cccn(Cc2nc3cc(F)c(F)cc3n2CCC2CC2)c1=O. The predicted octanol–water partition coefficient (Wildman–Crippen LogP) is 2.91. The van der Waals surface area contributed by atoms with Crippen LogP contribution in [-0.2, 0) is 13.1 Å². The van der Waals surface area contributed by atoms with E-state index < -0.39 is 11.6 Å². The van der Waals surface area contributed by atoms with Gasteiger partial charge in [-0.1, -0.05) is 12.8 Å². The van der Waals surface area contributed by atoms with Gasteiger partial charge in [-0.25, -0.2) is 13.8 Å². The zero-order chi connectivity index (χ0) is 17.6. The summed E-state index contributed by atoms with van der Waals surface area (Å²) in [6.45, 7) is 0.866. The van der Waals surface area contributed by atoms with Crippen molar-refractivity contribution < 1.29 is 8.78 Å². The number of hydrogen-bond donors (Lipinski definition) is 1. The number of anilines is 1. The first kappa shape index (κ1) is 15.8. The molecule has 5 nitrogen and oxygen atoms in total. The number of fused-ring (bicyclic) bond motifs is 1. The van der Waals surface area contributed by atoms with Gasteiger partial charge < -0.3 is 14.9 Å². The zero-order valence-corrected chi connectivity index (χ0v) is 13.6.